The van der Waals surface area contributed by atoms with Gasteiger partial charge in [0, 0.05) is 5.38 Å². The van der Waals surface area contributed by atoms with Crippen LogP contribution in [-0.4, -0.2) is 67.8 Å². The van der Waals surface area contributed by atoms with E-state index >= 15 is 0 Å². The third-order valence-corrected chi connectivity index (χ3v) is 8.14. The summed E-state index contributed by atoms with van der Waals surface area (Å²) in [7, 11) is -17.7. The molecule has 0 amide bonds. The van der Waals surface area contributed by atoms with Crippen molar-refractivity contribution in [2.45, 2.75) is 23.3 Å². The Hall–Kier alpha value is -1.18. The zero-order valence-electron chi connectivity index (χ0n) is 17.9. The summed E-state index contributed by atoms with van der Waals surface area (Å²) in [5, 5.41) is 12.7. The van der Waals surface area contributed by atoms with E-state index in [1.165, 1.54) is 6.20 Å². The van der Waals surface area contributed by atoms with Crippen LogP contribution in [0.2, 0.25) is 0 Å². The molecule has 2 aromatic rings. The van der Waals surface area contributed by atoms with Gasteiger partial charge in [-0.25, -0.2) is 23.7 Å². The molecule has 34 heavy (non-hydrogen) atoms. The lowest BCUT2D eigenvalue weighted by Gasteiger charge is -2.25. The molecule has 0 spiro atoms. The number of ether oxygens (including phenoxy) is 1. The van der Waals surface area contributed by atoms with Crippen molar-refractivity contribution in [1.82, 2.24) is 19.5 Å². The van der Waals surface area contributed by atoms with E-state index in [2.05, 4.69) is 34.0 Å². The highest BCUT2D eigenvalue weighted by Gasteiger charge is 2.57. The zero-order valence-corrected chi connectivity index (χ0v) is 20.1. The van der Waals surface area contributed by atoms with E-state index in [-0.39, 0.29) is 17.1 Å². The maximum absolute atomic E-state index is 12.1. The van der Waals surface area contributed by atoms with Crippen molar-refractivity contribution in [2.24, 2.45) is 0 Å². The van der Waals surface area contributed by atoms with Crippen molar-refractivity contribution in [1.29, 1.82) is 0 Å². The summed E-state index contributed by atoms with van der Waals surface area (Å²) in [6.45, 7) is -3.56. The monoisotopic (exact) mass is 585 g/mol. The highest BCUT2D eigenvalue weighted by Crippen LogP contribution is 2.66. The summed E-state index contributed by atoms with van der Waals surface area (Å²) in [6, 6.07) is 0. The number of fused-ring (bicyclic) bond motifs is 1. The first-order chi connectivity index (χ1) is 16.3. The van der Waals surface area contributed by atoms with Crippen molar-refractivity contribution >= 4 is 63.8 Å². The number of aliphatic hydroxyl groups is 1. The van der Waals surface area contributed by atoms with Gasteiger partial charge in [-0.1, -0.05) is 17.5 Å². The van der Waals surface area contributed by atoms with Crippen LogP contribution in [0.25, 0.3) is 11.2 Å². The summed E-state index contributed by atoms with van der Waals surface area (Å²) in [5.74, 6) is 2.02. The number of aromatic nitrogens is 4. The van der Waals surface area contributed by atoms with Crippen molar-refractivity contribution in [3.63, 3.8) is 0 Å². The number of hydrogen-bond donors (Lipinski definition) is 6. The lowest BCUT2D eigenvalue weighted by molar-refractivity contribution is -0.0428. The van der Waals surface area contributed by atoms with Gasteiger partial charge in [-0.15, -0.1) is 0 Å². The Bertz CT molecular complexity index is 1380. The Balaban J connectivity index is 1.95. The van der Waals surface area contributed by atoms with Crippen molar-refractivity contribution in [3.05, 3.63) is 12.5 Å². The maximum atomic E-state index is 12.1. The molecule has 3 heterocycles. The molecule has 0 radical (unpaired) electrons. The van der Waals surface area contributed by atoms with Crippen LogP contribution in [0, 0.1) is 11.3 Å². The summed E-state index contributed by atoms with van der Waals surface area (Å²) < 4.78 is 68.2. The second-order valence-corrected chi connectivity index (χ2v) is 11.4. The fourth-order valence-electron chi connectivity index (χ4n) is 2.67. The van der Waals surface area contributed by atoms with Crippen LogP contribution >= 0.6 is 46.7 Å². The molecule has 17 nitrogen and oxygen atoms in total. The van der Waals surface area contributed by atoms with E-state index in [0.717, 1.165) is 10.9 Å². The van der Waals surface area contributed by atoms with E-state index in [0.29, 0.717) is 0 Å². The summed E-state index contributed by atoms with van der Waals surface area (Å²) in [6.07, 6.45) is -3.78. The van der Waals surface area contributed by atoms with Gasteiger partial charge in [0.05, 0.1) is 21.8 Å². The van der Waals surface area contributed by atoms with Gasteiger partial charge in [0.25, 0.3) is 0 Å². The van der Waals surface area contributed by atoms with E-state index in [9.17, 15) is 28.6 Å². The Kier molecular flexibility index (Phi) is 6.99. The molecule has 0 bridgehead atoms. The lowest BCUT2D eigenvalue weighted by atomic mass is 9.99. The van der Waals surface area contributed by atoms with Gasteiger partial charge >= 0.3 is 23.5 Å². The number of hydrogen-bond acceptors (Lipinski definition) is 12. The number of anilines is 1. The number of halogens is 2. The minimum Gasteiger partial charge on any atom is -0.387 e. The van der Waals surface area contributed by atoms with Crippen LogP contribution in [0.4, 0.5) is 5.95 Å². The molecule has 188 valence electrons. The van der Waals surface area contributed by atoms with Crippen molar-refractivity contribution in [2.75, 3.05) is 12.3 Å². The fourth-order valence-corrected chi connectivity index (χ4v) is 6.07. The number of phosphoric acid groups is 3. The molecule has 7 N–H and O–H groups in total. The predicted molar refractivity (Wildman–Crippen MR) is 112 cm³/mol. The van der Waals surface area contributed by atoms with Crippen LogP contribution in [0.15, 0.2) is 12.5 Å². The predicted octanol–water partition coefficient (Wildman–Crippen LogP) is 0.187. The first-order valence-corrected chi connectivity index (χ1v) is 13.5. The van der Waals surface area contributed by atoms with E-state index in [1.807, 2.05) is 5.38 Å². The Labute approximate surface area is 202 Å². The van der Waals surface area contributed by atoms with Crippen LogP contribution < -0.4 is 5.73 Å². The van der Waals surface area contributed by atoms with Gasteiger partial charge in [-0.05, 0) is 11.6 Å². The molecule has 6 atom stereocenters. The summed E-state index contributed by atoms with van der Waals surface area (Å²) in [4.78, 5) is 45.6. The topological polar surface area (TPSA) is 259 Å². The Morgan fingerprint density at radius 1 is 1.26 bits per heavy atom. The van der Waals surface area contributed by atoms with Gasteiger partial charge in [-0.2, -0.15) is 13.6 Å². The number of phosphoric ester groups is 1. The molecule has 1 aliphatic heterocycles. The van der Waals surface area contributed by atoms with Crippen molar-refractivity contribution < 1.29 is 59.0 Å². The third-order valence-electron chi connectivity index (χ3n) is 3.88. The van der Waals surface area contributed by atoms with E-state index < -0.39 is 53.3 Å². The van der Waals surface area contributed by atoms with E-state index in [1.54, 1.807) is 0 Å². The van der Waals surface area contributed by atoms with Crippen LogP contribution in [0.3, 0.4) is 0 Å². The Morgan fingerprint density at radius 2 is 1.94 bits per heavy atom. The fraction of sp³-hybridized carbons (Fsp3) is 0.417. The normalized spacial score (nSPS) is 30.0. The van der Waals surface area contributed by atoms with Crippen LogP contribution in [-0.2, 0) is 31.6 Å². The highest BCUT2D eigenvalue weighted by atomic mass is 35.5. The smallest absolute Gasteiger partial charge is 0.387 e. The lowest BCUT2D eigenvalue weighted by Crippen LogP contribution is -2.41. The molecular weight excluding hydrogens is 570 g/mol. The number of nitrogens with two attached hydrogens (primary N) is 1. The molecule has 22 heteroatoms. The molecule has 1 saturated heterocycles. The molecule has 2 aromatic heterocycles. The minimum absolute atomic E-state index is 0.00445. The number of alkyl halides is 1. The molecule has 1 aliphatic rings. The minimum atomic E-state index is -5.99. The molecule has 0 aromatic carbocycles. The molecule has 1 fully saturated rings. The van der Waals surface area contributed by atoms with Gasteiger partial charge in [0.1, 0.15) is 17.7 Å². The first kappa shape index (κ1) is 24.5. The Morgan fingerprint density at radius 3 is 2.56 bits per heavy atom. The molecule has 3 rings (SSSR count). The molecular formula is C12H14Cl2N5O12P3. The van der Waals surface area contributed by atoms with Crippen molar-refractivity contribution in [3.8, 4) is 11.3 Å². The highest BCUT2D eigenvalue weighted by molar-refractivity contribution is 7.66. The standard InChI is InChI=1S/C12H14Cl2N5O12P3/c13-2-1-12(14)8(20)7(4-28-33(24,25)31-34(26,27)30-32(21,22)23)29-10(12)19-5-17-6-3-16-11(15)18-9(6)19/h3,5,7-8,10,20H,4H2,(H,24,25)(H,26,27)(H2,15,16,18)(H2,21,22,23)/t7-,8+,10-,12?/m1/s1/i4D2. The molecule has 0 saturated carbocycles. The first-order valence-electron chi connectivity index (χ1n) is 9.25. The van der Waals surface area contributed by atoms with Crippen LogP contribution in [0.5, 0.6) is 0 Å². The SMILES string of the molecule is [2H]C([2H])(OP(=O)(O)OP(=O)(O)OP(=O)(O)O)[C@H]1O[C@@H](n2cnc3cnc(N)nc32)C(Cl)(C#CCl)[C@H]1O. The number of aliphatic hydroxyl groups excluding tert-OH is 1. The van der Waals surface area contributed by atoms with Gasteiger partial charge < -0.3 is 35.2 Å². The quantitative estimate of drug-likeness (QED) is 0.137. The maximum Gasteiger partial charge on any atom is 0.490 e. The molecule has 3 unspecified atom stereocenters. The summed E-state index contributed by atoms with van der Waals surface area (Å²) >= 11 is 11.9. The second kappa shape index (κ2) is 9.70. The van der Waals surface area contributed by atoms with Crippen LogP contribution in [0.1, 0.15) is 8.97 Å². The molecule has 0 aliphatic carbocycles. The van der Waals surface area contributed by atoms with E-state index in [4.69, 9.17) is 46.2 Å². The summed E-state index contributed by atoms with van der Waals surface area (Å²) in [5.41, 5.74) is 5.73. The average molecular weight is 586 g/mol. The second-order valence-electron chi connectivity index (χ2n) is 6.23. The number of nitrogens with zero attached hydrogens (tertiary/aromatic N) is 4. The average Bonchev–Trinajstić information content (AvgIpc) is 3.17. The largest absolute Gasteiger partial charge is 0.490 e. The van der Waals surface area contributed by atoms with Gasteiger partial charge in [0.15, 0.2) is 16.7 Å². The third kappa shape index (κ3) is 6.14. The number of rotatable bonds is 8. The zero-order chi connectivity index (χ0) is 27.3. The number of imidazole rings is 1. The number of nitrogen functional groups attached to an aromatic ring is 1. The van der Waals surface area contributed by atoms with Gasteiger partial charge in [-0.3, -0.25) is 9.09 Å². The van der Waals surface area contributed by atoms with Gasteiger partial charge in [0.2, 0.25) is 5.95 Å².